The van der Waals surface area contributed by atoms with Crippen LogP contribution < -0.4 is 4.90 Å². The molecule has 1 N–H and O–H groups in total. The summed E-state index contributed by atoms with van der Waals surface area (Å²) in [6.45, 7) is 3.72. The third-order valence-corrected chi connectivity index (χ3v) is 6.48. The summed E-state index contributed by atoms with van der Waals surface area (Å²) in [6, 6.07) is 27.4. The summed E-state index contributed by atoms with van der Waals surface area (Å²) in [6.07, 6.45) is 4.63. The molecule has 0 saturated carbocycles. The molecule has 0 fully saturated rings. The molecule has 1 unspecified atom stereocenters. The number of benzene rings is 3. The van der Waals surface area contributed by atoms with E-state index in [4.69, 9.17) is 0 Å². The van der Waals surface area contributed by atoms with Crippen LogP contribution in [-0.4, -0.2) is 28.6 Å². The van der Waals surface area contributed by atoms with Crippen molar-refractivity contribution in [2.24, 2.45) is 0 Å². The van der Waals surface area contributed by atoms with E-state index in [0.717, 1.165) is 24.2 Å². The maximum Gasteiger partial charge on any atom is 0.275 e. The smallest absolute Gasteiger partial charge is 0.275 e. The molecule has 2 aliphatic rings. The molecule has 2 heterocycles. The molecule has 152 valence electrons. The zero-order chi connectivity index (χ0) is 20.6. The summed E-state index contributed by atoms with van der Waals surface area (Å²) >= 11 is 0. The highest BCUT2D eigenvalue weighted by atomic mass is 16.3. The lowest BCUT2D eigenvalue weighted by Crippen LogP contribution is -2.47. The number of aliphatic hydroxyl groups is 1. The molecule has 3 aromatic rings. The largest absolute Gasteiger partial charge is 0.346 e. The first-order chi connectivity index (χ1) is 14.6. The molecule has 0 amide bonds. The van der Waals surface area contributed by atoms with E-state index in [1.165, 1.54) is 41.8 Å². The Bertz CT molecular complexity index is 1050. The van der Waals surface area contributed by atoms with E-state index in [1.54, 1.807) is 0 Å². The first-order valence-electron chi connectivity index (χ1n) is 11.0. The van der Waals surface area contributed by atoms with Gasteiger partial charge < -0.3 is 5.11 Å². The van der Waals surface area contributed by atoms with Crippen LogP contribution in [0.15, 0.2) is 78.9 Å². The summed E-state index contributed by atoms with van der Waals surface area (Å²) < 4.78 is 2.40. The Morgan fingerprint density at radius 2 is 1.50 bits per heavy atom. The minimum Gasteiger partial charge on any atom is -0.346 e. The average molecular weight is 398 g/mol. The van der Waals surface area contributed by atoms with Crippen LogP contribution in [-0.2, 0) is 5.72 Å². The minimum atomic E-state index is -1.05. The van der Waals surface area contributed by atoms with Crippen LogP contribution in [0.5, 0.6) is 0 Å². The van der Waals surface area contributed by atoms with Gasteiger partial charge in [-0.25, -0.2) is 0 Å². The van der Waals surface area contributed by atoms with Crippen molar-refractivity contribution in [2.45, 2.75) is 38.3 Å². The fourth-order valence-corrected chi connectivity index (χ4v) is 4.86. The fraction of sp³-hybridized carbons (Fsp3) is 0.296. The quantitative estimate of drug-likeness (QED) is 0.606. The summed E-state index contributed by atoms with van der Waals surface area (Å²) in [5.41, 5.74) is 4.58. The van der Waals surface area contributed by atoms with Gasteiger partial charge in [0.05, 0.1) is 6.54 Å². The van der Waals surface area contributed by atoms with E-state index in [9.17, 15) is 5.11 Å². The van der Waals surface area contributed by atoms with E-state index >= 15 is 0 Å². The Kier molecular flexibility index (Phi) is 4.92. The maximum atomic E-state index is 12.0. The van der Waals surface area contributed by atoms with Crippen LogP contribution in [0.1, 0.15) is 36.8 Å². The molecule has 0 bridgehead atoms. The highest BCUT2D eigenvalue weighted by Crippen LogP contribution is 2.38. The molecule has 3 heteroatoms. The molecule has 3 nitrogen and oxygen atoms in total. The van der Waals surface area contributed by atoms with Crippen LogP contribution in [0.2, 0.25) is 0 Å². The molecule has 3 aromatic carbocycles. The number of rotatable bonds is 3. The van der Waals surface area contributed by atoms with Gasteiger partial charge in [-0.15, -0.1) is 0 Å². The predicted octanol–water partition coefficient (Wildman–Crippen LogP) is 5.31. The normalized spacial score (nSPS) is 21.5. The van der Waals surface area contributed by atoms with E-state index in [-0.39, 0.29) is 0 Å². The molecular weight excluding hydrogens is 368 g/mol. The highest BCUT2D eigenvalue weighted by molar-refractivity contribution is 5.97. The molecule has 0 saturated heterocycles. The van der Waals surface area contributed by atoms with Crippen molar-refractivity contribution in [3.05, 3.63) is 90.0 Å². The Labute approximate surface area is 178 Å². The molecule has 0 radical (unpaired) electrons. The summed E-state index contributed by atoms with van der Waals surface area (Å²) in [5, 5.41) is 12.0. The summed E-state index contributed by atoms with van der Waals surface area (Å²) in [7, 11) is 0. The van der Waals surface area contributed by atoms with Crippen molar-refractivity contribution in [3.8, 4) is 11.1 Å². The van der Waals surface area contributed by atoms with Gasteiger partial charge >= 0.3 is 0 Å². The van der Waals surface area contributed by atoms with Crippen LogP contribution in [0.25, 0.3) is 11.1 Å². The molecular formula is C27H29N2O+. The summed E-state index contributed by atoms with van der Waals surface area (Å²) in [5.74, 6) is 1.25. The first-order valence-corrected chi connectivity index (χ1v) is 11.0. The van der Waals surface area contributed by atoms with Gasteiger partial charge in [-0.3, -0.25) is 4.58 Å². The zero-order valence-corrected chi connectivity index (χ0v) is 17.6. The monoisotopic (exact) mass is 397 g/mol. The molecule has 1 atom stereocenters. The Morgan fingerprint density at radius 1 is 0.800 bits per heavy atom. The van der Waals surface area contributed by atoms with Crippen molar-refractivity contribution >= 4 is 11.5 Å². The lowest BCUT2D eigenvalue weighted by molar-refractivity contribution is -0.534. The van der Waals surface area contributed by atoms with E-state index in [0.29, 0.717) is 6.54 Å². The number of anilines is 1. The SMILES string of the molecule is Cc1ccc(C2(O)C[N+]3=C(CCCCC3)N2c2ccc(-c3ccccc3)cc2)cc1. The van der Waals surface area contributed by atoms with Crippen LogP contribution >= 0.6 is 0 Å². The van der Waals surface area contributed by atoms with E-state index in [2.05, 4.69) is 89.2 Å². The van der Waals surface area contributed by atoms with Gasteiger partial charge in [0.25, 0.3) is 11.6 Å². The zero-order valence-electron chi connectivity index (χ0n) is 17.6. The van der Waals surface area contributed by atoms with Crippen molar-refractivity contribution in [3.63, 3.8) is 0 Å². The third-order valence-electron chi connectivity index (χ3n) is 6.48. The highest BCUT2D eigenvalue weighted by Gasteiger charge is 2.53. The second-order valence-corrected chi connectivity index (χ2v) is 8.58. The minimum absolute atomic E-state index is 0.617. The van der Waals surface area contributed by atoms with Gasteiger partial charge in [-0.05, 0) is 49.4 Å². The molecule has 0 aliphatic carbocycles. The maximum absolute atomic E-state index is 12.0. The Balaban J connectivity index is 1.57. The number of aryl methyl sites for hydroxylation is 1. The van der Waals surface area contributed by atoms with E-state index in [1.807, 2.05) is 6.07 Å². The van der Waals surface area contributed by atoms with Crippen LogP contribution in [0.4, 0.5) is 5.69 Å². The van der Waals surface area contributed by atoms with Gasteiger partial charge in [-0.1, -0.05) is 72.3 Å². The molecule has 5 rings (SSSR count). The average Bonchev–Trinajstić information content (AvgIpc) is 2.90. The Hall–Kier alpha value is -2.91. The van der Waals surface area contributed by atoms with E-state index < -0.39 is 5.72 Å². The summed E-state index contributed by atoms with van der Waals surface area (Å²) in [4.78, 5) is 2.19. The third kappa shape index (κ3) is 3.33. The van der Waals surface area contributed by atoms with Gasteiger partial charge in [0.1, 0.15) is 5.69 Å². The second-order valence-electron chi connectivity index (χ2n) is 8.58. The molecule has 2 aliphatic heterocycles. The second kappa shape index (κ2) is 7.73. The van der Waals surface area contributed by atoms with Crippen molar-refractivity contribution in [1.29, 1.82) is 0 Å². The predicted molar refractivity (Wildman–Crippen MR) is 123 cm³/mol. The topological polar surface area (TPSA) is 26.5 Å². The fourth-order valence-electron chi connectivity index (χ4n) is 4.86. The number of hydrogen-bond donors (Lipinski definition) is 1. The van der Waals surface area contributed by atoms with Crippen LogP contribution in [0, 0.1) is 6.92 Å². The lowest BCUT2D eigenvalue weighted by atomic mass is 9.98. The Morgan fingerprint density at radius 3 is 2.23 bits per heavy atom. The van der Waals surface area contributed by atoms with Crippen molar-refractivity contribution < 1.29 is 9.68 Å². The first kappa shape index (κ1) is 19.1. The van der Waals surface area contributed by atoms with Crippen molar-refractivity contribution in [1.82, 2.24) is 0 Å². The lowest BCUT2D eigenvalue weighted by Gasteiger charge is -2.29. The van der Waals surface area contributed by atoms with Crippen molar-refractivity contribution in [2.75, 3.05) is 18.0 Å². The standard InChI is InChI=1S/C27H29N2O/c1-21-11-15-24(16-12-21)27(30)20-28-19-7-3-6-10-26(28)29(27)25-17-13-23(14-18-25)22-8-4-2-5-9-22/h2,4-5,8-9,11-18,30H,3,6-7,10,19-20H2,1H3/q+1. The van der Waals surface area contributed by atoms with Gasteiger partial charge in [-0.2, -0.15) is 4.90 Å². The number of hydrogen-bond acceptors (Lipinski definition) is 2. The number of nitrogens with zero attached hydrogens (tertiary/aromatic N) is 2. The number of amidine groups is 1. The molecule has 0 aromatic heterocycles. The van der Waals surface area contributed by atoms with Gasteiger partial charge in [0, 0.05) is 12.0 Å². The van der Waals surface area contributed by atoms with Gasteiger partial charge in [0.2, 0.25) is 0 Å². The van der Waals surface area contributed by atoms with Crippen LogP contribution in [0.3, 0.4) is 0 Å². The molecule has 0 spiro atoms. The molecule has 30 heavy (non-hydrogen) atoms. The van der Waals surface area contributed by atoms with Gasteiger partial charge in [0.15, 0.2) is 6.54 Å².